The first-order valence-electron chi connectivity index (χ1n) is 5.46. The minimum atomic E-state index is 0.722. The lowest BCUT2D eigenvalue weighted by atomic mass is 10.3. The highest BCUT2D eigenvalue weighted by molar-refractivity contribution is 6.31. The van der Waals surface area contributed by atoms with Gasteiger partial charge in [0.1, 0.15) is 0 Å². The van der Waals surface area contributed by atoms with Crippen molar-refractivity contribution < 1.29 is 0 Å². The van der Waals surface area contributed by atoms with Gasteiger partial charge >= 0.3 is 0 Å². The fourth-order valence-corrected chi connectivity index (χ4v) is 2.05. The SMILES string of the molecule is CCc1nn(CC)c(Cn2ccnc2)c1Cl. The van der Waals surface area contributed by atoms with Gasteiger partial charge in [0.2, 0.25) is 0 Å². The molecule has 0 aromatic carbocycles. The predicted octanol–water partition coefficient (Wildman–Crippen LogP) is 2.36. The van der Waals surface area contributed by atoms with Crippen LogP contribution in [0, 0.1) is 0 Å². The Labute approximate surface area is 99.9 Å². The van der Waals surface area contributed by atoms with Crippen LogP contribution in [-0.2, 0) is 19.5 Å². The van der Waals surface area contributed by atoms with Crippen molar-refractivity contribution in [2.75, 3.05) is 0 Å². The summed E-state index contributed by atoms with van der Waals surface area (Å²) in [4.78, 5) is 4.02. The van der Waals surface area contributed by atoms with Gasteiger partial charge in [0, 0.05) is 18.9 Å². The van der Waals surface area contributed by atoms with Crippen LogP contribution >= 0.6 is 11.6 Å². The molecule has 0 fully saturated rings. The first-order chi connectivity index (χ1) is 7.76. The molecule has 0 aliphatic rings. The van der Waals surface area contributed by atoms with Crippen molar-refractivity contribution in [1.82, 2.24) is 19.3 Å². The third kappa shape index (κ3) is 1.97. The lowest BCUT2D eigenvalue weighted by Crippen LogP contribution is -2.07. The highest BCUT2D eigenvalue weighted by atomic mass is 35.5. The fraction of sp³-hybridized carbons (Fsp3) is 0.455. The molecule has 2 aromatic heterocycles. The minimum Gasteiger partial charge on any atom is -0.331 e. The average Bonchev–Trinajstić information content (AvgIpc) is 2.89. The zero-order valence-electron chi connectivity index (χ0n) is 9.52. The van der Waals surface area contributed by atoms with E-state index in [9.17, 15) is 0 Å². The molecule has 0 atom stereocenters. The summed E-state index contributed by atoms with van der Waals surface area (Å²) < 4.78 is 3.95. The van der Waals surface area contributed by atoms with Crippen LogP contribution in [0.4, 0.5) is 0 Å². The van der Waals surface area contributed by atoms with Crippen LogP contribution in [0.5, 0.6) is 0 Å². The first-order valence-corrected chi connectivity index (χ1v) is 5.83. The minimum absolute atomic E-state index is 0.722. The molecular weight excluding hydrogens is 224 g/mol. The van der Waals surface area contributed by atoms with E-state index in [1.165, 1.54) is 0 Å². The maximum Gasteiger partial charge on any atom is 0.0949 e. The maximum atomic E-state index is 6.31. The van der Waals surface area contributed by atoms with Gasteiger partial charge in [0.15, 0.2) is 0 Å². The molecule has 2 heterocycles. The van der Waals surface area contributed by atoms with E-state index < -0.39 is 0 Å². The van der Waals surface area contributed by atoms with Crippen LogP contribution in [0.1, 0.15) is 25.2 Å². The highest BCUT2D eigenvalue weighted by Gasteiger charge is 2.14. The number of hydrogen-bond acceptors (Lipinski definition) is 2. The van der Waals surface area contributed by atoms with Gasteiger partial charge in [0.25, 0.3) is 0 Å². The quantitative estimate of drug-likeness (QED) is 0.820. The molecule has 0 saturated carbocycles. The van der Waals surface area contributed by atoms with Crippen LogP contribution in [0.3, 0.4) is 0 Å². The summed E-state index contributed by atoms with van der Waals surface area (Å²) in [6, 6.07) is 0. The molecule has 0 aliphatic carbocycles. The van der Waals surface area contributed by atoms with E-state index in [1.54, 1.807) is 12.5 Å². The maximum absolute atomic E-state index is 6.31. The van der Waals surface area contributed by atoms with Gasteiger partial charge in [-0.25, -0.2) is 4.98 Å². The van der Waals surface area contributed by atoms with E-state index in [2.05, 4.69) is 23.9 Å². The number of imidazole rings is 1. The molecule has 0 saturated heterocycles. The van der Waals surface area contributed by atoms with E-state index in [4.69, 9.17) is 11.6 Å². The number of rotatable bonds is 4. The topological polar surface area (TPSA) is 35.6 Å². The molecule has 4 nitrogen and oxygen atoms in total. The zero-order valence-corrected chi connectivity index (χ0v) is 10.3. The molecule has 2 aromatic rings. The number of halogens is 1. The Bertz CT molecular complexity index is 459. The van der Waals surface area contributed by atoms with Crippen molar-refractivity contribution >= 4 is 11.6 Å². The Morgan fingerprint density at radius 1 is 1.38 bits per heavy atom. The Hall–Kier alpha value is -1.29. The Balaban J connectivity index is 2.35. The molecule has 2 rings (SSSR count). The average molecular weight is 239 g/mol. The van der Waals surface area contributed by atoms with Crippen LogP contribution in [-0.4, -0.2) is 19.3 Å². The second kappa shape index (κ2) is 4.70. The van der Waals surface area contributed by atoms with Crippen LogP contribution in [0.2, 0.25) is 5.02 Å². The van der Waals surface area contributed by atoms with Crippen LogP contribution in [0.25, 0.3) is 0 Å². The van der Waals surface area contributed by atoms with Crippen molar-refractivity contribution in [2.45, 2.75) is 33.4 Å². The van der Waals surface area contributed by atoms with Gasteiger partial charge in [-0.1, -0.05) is 18.5 Å². The van der Waals surface area contributed by atoms with Crippen molar-refractivity contribution in [3.05, 3.63) is 35.1 Å². The van der Waals surface area contributed by atoms with Gasteiger partial charge < -0.3 is 4.57 Å². The normalized spacial score (nSPS) is 10.9. The summed E-state index contributed by atoms with van der Waals surface area (Å²) in [5, 5.41) is 5.27. The molecule has 0 bridgehead atoms. The van der Waals surface area contributed by atoms with Gasteiger partial charge in [-0.05, 0) is 13.3 Å². The number of aromatic nitrogens is 4. The molecule has 0 radical (unpaired) electrons. The largest absolute Gasteiger partial charge is 0.331 e. The smallest absolute Gasteiger partial charge is 0.0949 e. The summed E-state index contributed by atoms with van der Waals surface area (Å²) >= 11 is 6.31. The van der Waals surface area contributed by atoms with Crippen molar-refractivity contribution in [3.63, 3.8) is 0 Å². The van der Waals surface area contributed by atoms with E-state index in [1.807, 2.05) is 15.4 Å². The predicted molar refractivity (Wildman–Crippen MR) is 63.6 cm³/mol. The summed E-state index contributed by atoms with van der Waals surface area (Å²) in [6.45, 7) is 5.69. The lowest BCUT2D eigenvalue weighted by Gasteiger charge is -2.05. The number of aryl methyl sites for hydroxylation is 2. The summed E-state index contributed by atoms with van der Waals surface area (Å²) in [5.41, 5.74) is 2.03. The molecule has 5 heteroatoms. The summed E-state index contributed by atoms with van der Waals surface area (Å²) in [7, 11) is 0. The van der Waals surface area contributed by atoms with Crippen molar-refractivity contribution in [2.24, 2.45) is 0 Å². The molecular formula is C11H15ClN4. The van der Waals surface area contributed by atoms with Crippen molar-refractivity contribution in [3.8, 4) is 0 Å². The standard InChI is InChI=1S/C11H15ClN4/c1-3-9-11(12)10(16(4-2)14-9)7-15-6-5-13-8-15/h5-6,8H,3-4,7H2,1-2H3. The van der Waals surface area contributed by atoms with Gasteiger partial charge in [0.05, 0.1) is 29.3 Å². The summed E-state index contributed by atoms with van der Waals surface area (Å²) in [6.07, 6.45) is 6.34. The molecule has 0 amide bonds. The van der Waals surface area contributed by atoms with Gasteiger partial charge in [-0.3, -0.25) is 4.68 Å². The lowest BCUT2D eigenvalue weighted by molar-refractivity contribution is 0.595. The summed E-state index contributed by atoms with van der Waals surface area (Å²) in [5.74, 6) is 0. The van der Waals surface area contributed by atoms with E-state index in [-0.39, 0.29) is 0 Å². The second-order valence-corrected chi connectivity index (χ2v) is 3.99. The molecule has 0 unspecified atom stereocenters. The van der Waals surface area contributed by atoms with Crippen LogP contribution < -0.4 is 0 Å². The highest BCUT2D eigenvalue weighted by Crippen LogP contribution is 2.22. The number of hydrogen-bond donors (Lipinski definition) is 0. The third-order valence-corrected chi connectivity index (χ3v) is 3.02. The Morgan fingerprint density at radius 3 is 2.75 bits per heavy atom. The van der Waals surface area contributed by atoms with Gasteiger partial charge in [-0.2, -0.15) is 5.10 Å². The Kier molecular flexibility index (Phi) is 3.29. The monoisotopic (exact) mass is 238 g/mol. The third-order valence-electron chi connectivity index (χ3n) is 2.59. The number of nitrogens with zero attached hydrogens (tertiary/aromatic N) is 4. The van der Waals surface area contributed by atoms with Crippen LogP contribution in [0.15, 0.2) is 18.7 Å². The zero-order chi connectivity index (χ0) is 11.5. The first kappa shape index (κ1) is 11.2. The molecule has 0 spiro atoms. The molecule has 86 valence electrons. The van der Waals surface area contributed by atoms with E-state index >= 15 is 0 Å². The van der Waals surface area contributed by atoms with Gasteiger partial charge in [-0.15, -0.1) is 0 Å². The fourth-order valence-electron chi connectivity index (χ4n) is 1.72. The van der Waals surface area contributed by atoms with E-state index in [0.29, 0.717) is 0 Å². The Morgan fingerprint density at radius 2 is 2.19 bits per heavy atom. The van der Waals surface area contributed by atoms with Crippen molar-refractivity contribution in [1.29, 1.82) is 0 Å². The molecule has 0 N–H and O–H groups in total. The second-order valence-electron chi connectivity index (χ2n) is 3.61. The molecule has 16 heavy (non-hydrogen) atoms. The van der Waals surface area contributed by atoms with E-state index in [0.717, 1.165) is 35.9 Å². The molecule has 0 aliphatic heterocycles.